The number of amides is 1. The fourth-order valence-corrected chi connectivity index (χ4v) is 2.81. The molecule has 0 aromatic heterocycles. The molecule has 1 aliphatic heterocycles. The normalized spacial score (nSPS) is 13.1. The summed E-state index contributed by atoms with van der Waals surface area (Å²) in [6.07, 6.45) is 0.819. The number of quaternary nitrogens is 1. The van der Waals surface area contributed by atoms with Gasteiger partial charge in [-0.2, -0.15) is 0 Å². The molecule has 0 radical (unpaired) electrons. The highest BCUT2D eigenvalue weighted by molar-refractivity contribution is 6.02. The SMILES string of the molecule is CCCNC(=O)C1=C(N)c2cccc(-c3cc(F)cc(F)c3)c2[NH2+]1. The maximum Gasteiger partial charge on any atom is 0.307 e. The zero-order valence-electron chi connectivity index (χ0n) is 13.2. The van der Waals surface area contributed by atoms with Crippen LogP contribution >= 0.6 is 0 Å². The number of fused-ring (bicyclic) bond motifs is 1. The number of hydrogen-bond donors (Lipinski definition) is 3. The van der Waals surface area contributed by atoms with E-state index in [0.717, 1.165) is 12.5 Å². The first-order valence-electron chi connectivity index (χ1n) is 7.73. The van der Waals surface area contributed by atoms with Crippen molar-refractivity contribution in [1.29, 1.82) is 0 Å². The Morgan fingerprint density at radius 2 is 1.83 bits per heavy atom. The molecule has 5 N–H and O–H groups in total. The molecule has 1 heterocycles. The first-order chi connectivity index (χ1) is 11.5. The number of hydrogen-bond acceptors (Lipinski definition) is 2. The number of nitrogens with two attached hydrogens (primary N) is 2. The fraction of sp³-hybridized carbons (Fsp3) is 0.167. The van der Waals surface area contributed by atoms with Crippen LogP contribution in [0.1, 0.15) is 18.9 Å². The second-order valence-electron chi connectivity index (χ2n) is 5.65. The van der Waals surface area contributed by atoms with Crippen molar-refractivity contribution in [3.63, 3.8) is 0 Å². The van der Waals surface area contributed by atoms with Gasteiger partial charge in [0.15, 0.2) is 5.69 Å². The second kappa shape index (κ2) is 6.41. The third-order valence-electron chi connectivity index (χ3n) is 3.93. The summed E-state index contributed by atoms with van der Waals surface area (Å²) < 4.78 is 27.1. The van der Waals surface area contributed by atoms with Crippen LogP contribution in [0.5, 0.6) is 0 Å². The van der Waals surface area contributed by atoms with Crippen molar-refractivity contribution in [2.75, 3.05) is 6.54 Å². The van der Waals surface area contributed by atoms with Crippen molar-refractivity contribution < 1.29 is 18.9 Å². The molecule has 1 aliphatic rings. The summed E-state index contributed by atoms with van der Waals surface area (Å²) >= 11 is 0. The van der Waals surface area contributed by atoms with E-state index in [1.807, 2.05) is 6.92 Å². The van der Waals surface area contributed by atoms with Crippen LogP contribution in [0.3, 0.4) is 0 Å². The number of carbonyl (C=O) groups excluding carboxylic acids is 1. The molecule has 3 rings (SSSR count). The van der Waals surface area contributed by atoms with Crippen LogP contribution in [-0.4, -0.2) is 12.5 Å². The van der Waals surface area contributed by atoms with E-state index >= 15 is 0 Å². The minimum absolute atomic E-state index is 0.248. The Balaban J connectivity index is 2.01. The molecule has 6 heteroatoms. The van der Waals surface area contributed by atoms with Crippen molar-refractivity contribution in [2.24, 2.45) is 5.73 Å². The lowest BCUT2D eigenvalue weighted by molar-refractivity contribution is -0.506. The lowest BCUT2D eigenvalue weighted by atomic mass is 10.00. The smallest absolute Gasteiger partial charge is 0.307 e. The van der Waals surface area contributed by atoms with Crippen LogP contribution < -0.4 is 16.4 Å². The van der Waals surface area contributed by atoms with Crippen LogP contribution in [0.4, 0.5) is 14.5 Å². The summed E-state index contributed by atoms with van der Waals surface area (Å²) in [5.41, 5.74) is 9.29. The van der Waals surface area contributed by atoms with Gasteiger partial charge in [-0.3, -0.25) is 10.1 Å². The van der Waals surface area contributed by atoms with E-state index in [1.54, 1.807) is 23.5 Å². The van der Waals surface area contributed by atoms with Gasteiger partial charge in [-0.1, -0.05) is 13.0 Å². The first-order valence-corrected chi connectivity index (χ1v) is 7.73. The molecule has 4 nitrogen and oxygen atoms in total. The van der Waals surface area contributed by atoms with E-state index in [4.69, 9.17) is 5.73 Å². The fourth-order valence-electron chi connectivity index (χ4n) is 2.81. The Hall–Kier alpha value is -2.73. The molecule has 0 saturated heterocycles. The summed E-state index contributed by atoms with van der Waals surface area (Å²) in [4.78, 5) is 12.2. The van der Waals surface area contributed by atoms with Crippen molar-refractivity contribution in [1.82, 2.24) is 5.32 Å². The van der Waals surface area contributed by atoms with Gasteiger partial charge in [-0.05, 0) is 36.2 Å². The Labute approximate surface area is 138 Å². The summed E-state index contributed by atoms with van der Waals surface area (Å²) in [7, 11) is 0. The molecule has 0 atom stereocenters. The molecule has 0 saturated carbocycles. The Morgan fingerprint density at radius 1 is 1.17 bits per heavy atom. The topological polar surface area (TPSA) is 71.7 Å². The average Bonchev–Trinajstić information content (AvgIpc) is 2.89. The van der Waals surface area contributed by atoms with Crippen LogP contribution in [0.25, 0.3) is 16.8 Å². The van der Waals surface area contributed by atoms with Crippen LogP contribution in [-0.2, 0) is 4.79 Å². The monoisotopic (exact) mass is 330 g/mol. The molecule has 0 bridgehead atoms. The Kier molecular flexibility index (Phi) is 4.31. The Morgan fingerprint density at radius 3 is 2.50 bits per heavy atom. The molecule has 1 amide bonds. The second-order valence-corrected chi connectivity index (χ2v) is 5.65. The van der Waals surface area contributed by atoms with Gasteiger partial charge in [0.2, 0.25) is 5.70 Å². The summed E-state index contributed by atoms with van der Waals surface area (Å²) in [5.74, 6) is -1.55. The quantitative estimate of drug-likeness (QED) is 0.750. The number of rotatable bonds is 4. The lowest BCUT2D eigenvalue weighted by Gasteiger charge is -2.07. The Bertz CT molecular complexity index is 826. The summed E-state index contributed by atoms with van der Waals surface area (Å²) in [6.45, 7) is 2.52. The third kappa shape index (κ3) is 2.88. The number of halogens is 2. The highest BCUT2D eigenvalue weighted by Gasteiger charge is 2.31. The summed E-state index contributed by atoms with van der Waals surface area (Å²) in [6, 6.07) is 8.65. The molecule has 0 fully saturated rings. The van der Waals surface area contributed by atoms with Crippen molar-refractivity contribution >= 4 is 17.3 Å². The van der Waals surface area contributed by atoms with Crippen LogP contribution in [0, 0.1) is 11.6 Å². The maximum atomic E-state index is 13.5. The first kappa shape index (κ1) is 16.1. The molecular formula is C18H18F2N3O+. The summed E-state index contributed by atoms with van der Waals surface area (Å²) in [5, 5.41) is 4.46. The highest BCUT2D eigenvalue weighted by atomic mass is 19.1. The van der Waals surface area contributed by atoms with E-state index in [9.17, 15) is 13.6 Å². The molecule has 2 aromatic rings. The van der Waals surface area contributed by atoms with Gasteiger partial charge in [0.1, 0.15) is 17.3 Å². The molecule has 0 unspecified atom stereocenters. The molecule has 124 valence electrons. The molecule has 2 aromatic carbocycles. The zero-order valence-corrected chi connectivity index (χ0v) is 13.2. The molecular weight excluding hydrogens is 312 g/mol. The van der Waals surface area contributed by atoms with E-state index in [2.05, 4.69) is 5.32 Å². The number of nitrogens with one attached hydrogen (secondary N) is 1. The van der Waals surface area contributed by atoms with Crippen molar-refractivity contribution in [2.45, 2.75) is 13.3 Å². The number of carbonyl (C=O) groups is 1. The average molecular weight is 330 g/mol. The van der Waals surface area contributed by atoms with Gasteiger partial charge < -0.3 is 11.1 Å². The maximum absolute atomic E-state index is 13.5. The van der Waals surface area contributed by atoms with E-state index in [-0.39, 0.29) is 5.91 Å². The lowest BCUT2D eigenvalue weighted by Crippen LogP contribution is -2.77. The van der Waals surface area contributed by atoms with E-state index in [0.29, 0.717) is 40.3 Å². The molecule has 0 spiro atoms. The highest BCUT2D eigenvalue weighted by Crippen LogP contribution is 2.34. The van der Waals surface area contributed by atoms with Gasteiger partial charge in [-0.15, -0.1) is 0 Å². The predicted octanol–water partition coefficient (Wildman–Crippen LogP) is 1.99. The number of benzene rings is 2. The van der Waals surface area contributed by atoms with Gasteiger partial charge in [-0.25, -0.2) is 8.78 Å². The standard InChI is InChI=1S/C18H17F2N3O/c1-2-6-22-18(24)17-15(21)14-5-3-4-13(16(14)23-17)10-7-11(19)9-12(20)8-10/h3-5,7-9,23H,2,6,21H2,1H3,(H,22,24)/p+1. The van der Waals surface area contributed by atoms with Crippen LogP contribution in [0.15, 0.2) is 42.1 Å². The van der Waals surface area contributed by atoms with Crippen molar-refractivity contribution in [3.8, 4) is 11.1 Å². The van der Waals surface area contributed by atoms with Gasteiger partial charge in [0, 0.05) is 18.2 Å². The largest absolute Gasteiger partial charge is 0.393 e. The predicted molar refractivity (Wildman–Crippen MR) is 87.8 cm³/mol. The zero-order chi connectivity index (χ0) is 17.3. The van der Waals surface area contributed by atoms with E-state index < -0.39 is 11.6 Å². The van der Waals surface area contributed by atoms with Gasteiger partial charge in [0.05, 0.1) is 5.56 Å². The minimum atomic E-state index is -0.651. The minimum Gasteiger partial charge on any atom is -0.393 e. The van der Waals surface area contributed by atoms with Gasteiger partial charge >= 0.3 is 5.91 Å². The van der Waals surface area contributed by atoms with Crippen molar-refractivity contribution in [3.05, 3.63) is 59.3 Å². The third-order valence-corrected chi connectivity index (χ3v) is 3.93. The number of para-hydroxylation sites is 1. The van der Waals surface area contributed by atoms with Gasteiger partial charge in [0.25, 0.3) is 0 Å². The van der Waals surface area contributed by atoms with E-state index in [1.165, 1.54) is 12.1 Å². The molecule has 0 aliphatic carbocycles. The van der Waals surface area contributed by atoms with Crippen LogP contribution in [0.2, 0.25) is 0 Å². The molecule has 24 heavy (non-hydrogen) atoms.